The van der Waals surface area contributed by atoms with Gasteiger partial charge in [0.2, 0.25) is 0 Å². The Hall–Kier alpha value is 0.270. The van der Waals surface area contributed by atoms with Gasteiger partial charge in [-0.15, -0.1) is 0 Å². The Balaban J connectivity index is 3.52. The van der Waals surface area contributed by atoms with Crippen LogP contribution in [0.2, 0.25) is 0 Å². The lowest BCUT2D eigenvalue weighted by Crippen LogP contribution is -1.89. The molecule has 0 aromatic carbocycles. The van der Waals surface area contributed by atoms with Crippen molar-refractivity contribution in [1.29, 1.82) is 0 Å². The highest BCUT2D eigenvalue weighted by Crippen LogP contribution is 1.64. The number of hydrogen-bond donors (Lipinski definition) is 0. The van der Waals surface area contributed by atoms with Gasteiger partial charge in [0.25, 0.3) is 0 Å². The molecule has 0 N–H and O–H groups in total. The molecule has 0 heterocycles. The summed E-state index contributed by atoms with van der Waals surface area (Å²) in [6.45, 7) is 0. The Morgan fingerprint density at radius 3 is 1.50 bits per heavy atom. The van der Waals surface area contributed by atoms with Gasteiger partial charge >= 0.3 is 0 Å². The first kappa shape index (κ1) is 6.27. The second-order valence-corrected chi connectivity index (χ2v) is 1.58. The fourth-order valence-corrected chi connectivity index (χ4v) is 0.250. The largest absolute Gasteiger partial charge is 0.0871 e. The highest BCUT2D eigenvalue weighted by molar-refractivity contribution is 7.93. The van der Waals surface area contributed by atoms with Crippen LogP contribution in [0.4, 0.5) is 0 Å². The monoisotopic (exact) mass is 134 g/mol. The first-order valence-corrected chi connectivity index (χ1v) is 2.60. The highest BCUT2D eigenvalue weighted by Gasteiger charge is 1.73. The molecule has 0 aromatic rings. The van der Waals surface area contributed by atoms with Crippen molar-refractivity contribution in [2.24, 2.45) is 0 Å². The molecule has 0 rings (SSSR count). The molecular formula is C3H2S3. The standard InChI is InChI=1S/C3H2S3/c4-1-3(6)2-5/h1-2H. The van der Waals surface area contributed by atoms with Crippen LogP contribution in [0.15, 0.2) is 0 Å². The minimum atomic E-state index is 0.556. The summed E-state index contributed by atoms with van der Waals surface area (Å²) in [6, 6.07) is 0. The van der Waals surface area contributed by atoms with Crippen LogP contribution >= 0.6 is 36.7 Å². The molecule has 32 valence electrons. The van der Waals surface area contributed by atoms with Crippen LogP contribution in [0.5, 0.6) is 0 Å². The van der Waals surface area contributed by atoms with Crippen molar-refractivity contribution in [3.63, 3.8) is 0 Å². The third-order valence-electron chi connectivity index (χ3n) is 0.232. The predicted octanol–water partition coefficient (Wildman–Crippen LogP) is 1.36. The SMILES string of the molecule is S=CC(=S)C=S. The fraction of sp³-hybridized carbons (Fsp3) is 0. The van der Waals surface area contributed by atoms with E-state index in [1.54, 1.807) is 0 Å². The summed E-state index contributed by atoms with van der Waals surface area (Å²) in [5.74, 6) is 0. The second kappa shape index (κ2) is 3.46. The van der Waals surface area contributed by atoms with Gasteiger partial charge in [0.05, 0.1) is 4.86 Å². The molecule has 0 bridgehead atoms. The molecular weight excluding hydrogens is 132 g/mol. The number of rotatable bonds is 2. The van der Waals surface area contributed by atoms with Gasteiger partial charge in [0.15, 0.2) is 0 Å². The van der Waals surface area contributed by atoms with Gasteiger partial charge in [-0.05, 0) is 0 Å². The molecule has 0 saturated heterocycles. The van der Waals surface area contributed by atoms with Crippen molar-refractivity contribution in [3.8, 4) is 0 Å². The van der Waals surface area contributed by atoms with E-state index in [4.69, 9.17) is 0 Å². The van der Waals surface area contributed by atoms with Gasteiger partial charge in [0, 0.05) is 10.7 Å². The molecule has 3 heteroatoms. The Labute approximate surface area is 52.5 Å². The summed E-state index contributed by atoms with van der Waals surface area (Å²) in [5.41, 5.74) is 0. The van der Waals surface area contributed by atoms with E-state index in [1.807, 2.05) is 0 Å². The maximum absolute atomic E-state index is 4.54. The van der Waals surface area contributed by atoms with Crippen LogP contribution in [0.1, 0.15) is 0 Å². The van der Waals surface area contributed by atoms with Crippen molar-refractivity contribution in [2.75, 3.05) is 0 Å². The Kier molecular flexibility index (Phi) is 3.62. The van der Waals surface area contributed by atoms with Gasteiger partial charge in [-0.1, -0.05) is 36.7 Å². The smallest absolute Gasteiger partial charge is 0.0591 e. The zero-order valence-electron chi connectivity index (χ0n) is 2.88. The molecule has 0 aliphatic heterocycles. The predicted molar refractivity (Wildman–Crippen MR) is 39.9 cm³/mol. The van der Waals surface area contributed by atoms with E-state index in [2.05, 4.69) is 36.7 Å². The average molecular weight is 134 g/mol. The summed E-state index contributed by atoms with van der Waals surface area (Å²) in [6.07, 6.45) is 0. The molecule has 0 atom stereocenters. The molecule has 0 nitrogen and oxygen atoms in total. The van der Waals surface area contributed by atoms with E-state index in [0.717, 1.165) is 0 Å². The van der Waals surface area contributed by atoms with E-state index in [9.17, 15) is 0 Å². The topological polar surface area (TPSA) is 0 Å². The lowest BCUT2D eigenvalue weighted by molar-refractivity contribution is 3.47. The van der Waals surface area contributed by atoms with Crippen molar-refractivity contribution in [1.82, 2.24) is 0 Å². The van der Waals surface area contributed by atoms with E-state index in [1.165, 1.54) is 10.7 Å². The van der Waals surface area contributed by atoms with Gasteiger partial charge in [0.1, 0.15) is 0 Å². The Morgan fingerprint density at radius 1 is 1.17 bits per heavy atom. The van der Waals surface area contributed by atoms with E-state index < -0.39 is 0 Å². The quantitative estimate of drug-likeness (QED) is 0.523. The highest BCUT2D eigenvalue weighted by atomic mass is 32.1. The minimum Gasteiger partial charge on any atom is -0.0871 e. The summed E-state index contributed by atoms with van der Waals surface area (Å²) in [5, 5.41) is 2.75. The molecule has 0 aromatic heterocycles. The van der Waals surface area contributed by atoms with Crippen molar-refractivity contribution in [3.05, 3.63) is 0 Å². The van der Waals surface area contributed by atoms with E-state index >= 15 is 0 Å². The molecule has 0 spiro atoms. The van der Waals surface area contributed by atoms with Crippen LogP contribution < -0.4 is 0 Å². The minimum absolute atomic E-state index is 0.556. The van der Waals surface area contributed by atoms with Gasteiger partial charge < -0.3 is 0 Å². The third kappa shape index (κ3) is 2.50. The van der Waals surface area contributed by atoms with Crippen molar-refractivity contribution < 1.29 is 0 Å². The Morgan fingerprint density at radius 2 is 1.50 bits per heavy atom. The van der Waals surface area contributed by atoms with E-state index in [0.29, 0.717) is 4.86 Å². The lowest BCUT2D eigenvalue weighted by Gasteiger charge is -1.69. The third-order valence-corrected chi connectivity index (χ3v) is 1.27. The normalized spacial score (nSPS) is 6.67. The lowest BCUT2D eigenvalue weighted by atomic mass is 10.6. The van der Waals surface area contributed by atoms with Crippen molar-refractivity contribution in [2.45, 2.75) is 0 Å². The average Bonchev–Trinajstić information content (AvgIpc) is 1.65. The summed E-state index contributed by atoms with van der Waals surface area (Å²) < 4.78 is 0. The Bertz CT molecular complexity index is 74.0. The van der Waals surface area contributed by atoms with Gasteiger partial charge in [-0.3, -0.25) is 0 Å². The fourth-order valence-electron chi connectivity index (χ4n) is 0.0278. The molecule has 6 heavy (non-hydrogen) atoms. The molecule has 0 unspecified atom stereocenters. The molecule has 0 amide bonds. The first-order valence-electron chi connectivity index (χ1n) is 1.25. The molecule has 0 aliphatic carbocycles. The van der Waals surface area contributed by atoms with Crippen LogP contribution in [0.3, 0.4) is 0 Å². The van der Waals surface area contributed by atoms with Gasteiger partial charge in [-0.2, -0.15) is 0 Å². The summed E-state index contributed by atoms with van der Waals surface area (Å²) in [4.78, 5) is 0.556. The number of thiocarbonyl (C=S) groups is 3. The maximum atomic E-state index is 4.54. The molecule has 0 saturated carbocycles. The van der Waals surface area contributed by atoms with Crippen LogP contribution in [-0.4, -0.2) is 15.6 Å². The number of hydrogen-bond acceptors (Lipinski definition) is 3. The second-order valence-electron chi connectivity index (χ2n) is 0.638. The van der Waals surface area contributed by atoms with E-state index in [-0.39, 0.29) is 0 Å². The van der Waals surface area contributed by atoms with Gasteiger partial charge in [-0.25, -0.2) is 0 Å². The van der Waals surface area contributed by atoms with Crippen molar-refractivity contribution >= 4 is 52.3 Å². The van der Waals surface area contributed by atoms with Crippen LogP contribution in [0.25, 0.3) is 0 Å². The van der Waals surface area contributed by atoms with Crippen LogP contribution in [-0.2, 0) is 0 Å². The molecule has 0 aliphatic rings. The zero-order chi connectivity index (χ0) is 4.99. The summed E-state index contributed by atoms with van der Waals surface area (Å²) >= 11 is 13.4. The first-order chi connectivity index (χ1) is 2.81. The zero-order valence-corrected chi connectivity index (χ0v) is 5.33. The molecule has 0 radical (unpaired) electrons. The molecule has 0 fully saturated rings. The van der Waals surface area contributed by atoms with Crippen LogP contribution in [0, 0.1) is 0 Å². The maximum Gasteiger partial charge on any atom is 0.0591 e. The summed E-state index contributed by atoms with van der Waals surface area (Å²) in [7, 11) is 0.